The van der Waals surface area contributed by atoms with Gasteiger partial charge in [-0.15, -0.1) is 0 Å². The Morgan fingerprint density at radius 3 is 1.57 bits per heavy atom. The first kappa shape index (κ1) is 15.7. The molecule has 0 bridgehead atoms. The molecule has 0 atom stereocenters. The fraction of sp³-hybridized carbons (Fsp3) is 0. The van der Waals surface area contributed by atoms with Gasteiger partial charge >= 0.3 is 65.3 Å². The zero-order valence-electron chi connectivity index (χ0n) is 2.21. The van der Waals surface area contributed by atoms with Gasteiger partial charge in [0.25, 0.3) is 0 Å². The van der Waals surface area contributed by atoms with Crippen molar-refractivity contribution in [2.45, 2.75) is 0 Å². The molecule has 0 aliphatic carbocycles. The molecule has 0 rings (SSSR count). The summed E-state index contributed by atoms with van der Waals surface area (Å²) in [5.41, 5.74) is 0. The topological polar surface area (TPSA) is 66.8 Å². The van der Waals surface area contributed by atoms with Crippen molar-refractivity contribution in [3.05, 3.63) is 0 Å². The van der Waals surface area contributed by atoms with Crippen LogP contribution in [-0.2, 0) is 4.89 Å². The van der Waals surface area contributed by atoms with Gasteiger partial charge in [0.1, 0.15) is 0 Å². The monoisotopic (exact) mass is 126 g/mol. The Kier molecular flexibility index (Phi) is 23.1. The second-order valence-corrected chi connectivity index (χ2v) is 0.357. The molecule has 0 saturated carbocycles. The molecule has 2 N–H and O–H groups in total. The number of hydrogen-bond acceptors (Lipinski definition) is 3. The van der Waals surface area contributed by atoms with E-state index in [2.05, 4.69) is 4.89 Å². The van der Waals surface area contributed by atoms with Crippen LogP contribution in [0.3, 0.4) is 0 Å². The normalized spacial score (nSPS) is 4.71. The van der Waals surface area contributed by atoms with Crippen molar-refractivity contribution >= 4 is 65.3 Å². The molecule has 0 heterocycles. The van der Waals surface area contributed by atoms with Crippen LogP contribution in [0.25, 0.3) is 0 Å². The van der Waals surface area contributed by atoms with Crippen LogP contribution >= 0.6 is 0 Å². The van der Waals surface area contributed by atoms with Gasteiger partial charge < -0.3 is 5.11 Å². The van der Waals surface area contributed by atoms with E-state index in [9.17, 15) is 0 Å². The average Bonchev–Trinajstić information content (AvgIpc) is 1.38. The van der Waals surface area contributed by atoms with E-state index < -0.39 is 6.16 Å². The van der Waals surface area contributed by atoms with Crippen molar-refractivity contribution in [1.29, 1.82) is 0 Å². The van der Waals surface area contributed by atoms with Crippen molar-refractivity contribution in [2.24, 2.45) is 0 Å². The molecule has 0 aromatic heterocycles. The Hall–Kier alpha value is 1.23. The molecule has 0 saturated heterocycles. The molecular formula is CH4Na2O4. The summed E-state index contributed by atoms with van der Waals surface area (Å²) >= 11 is 0. The van der Waals surface area contributed by atoms with Gasteiger partial charge in [-0.2, -0.15) is 5.26 Å². The van der Waals surface area contributed by atoms with Gasteiger partial charge in [-0.25, -0.2) is 4.79 Å². The molecule has 0 radical (unpaired) electrons. The summed E-state index contributed by atoms with van der Waals surface area (Å²) in [5, 5.41) is 14.3. The first-order valence-electron chi connectivity index (χ1n) is 0.814. The quantitative estimate of drug-likeness (QED) is 0.244. The number of carboxylic acid groups (broad SMARTS) is 1. The summed E-state index contributed by atoms with van der Waals surface area (Å²) in [7, 11) is 0. The van der Waals surface area contributed by atoms with Crippen LogP contribution in [-0.4, -0.2) is 75.6 Å². The molecule has 4 nitrogen and oxygen atoms in total. The molecule has 6 heteroatoms. The first-order valence-corrected chi connectivity index (χ1v) is 0.814. The summed E-state index contributed by atoms with van der Waals surface area (Å²) < 4.78 is 0. The van der Waals surface area contributed by atoms with Crippen LogP contribution in [0.1, 0.15) is 0 Å². The third kappa shape index (κ3) is 19.0. The molecule has 0 spiro atoms. The molecule has 7 heavy (non-hydrogen) atoms. The third-order valence-electron chi connectivity index (χ3n) is 0.0781. The summed E-state index contributed by atoms with van der Waals surface area (Å²) in [6.45, 7) is 0. The van der Waals surface area contributed by atoms with Crippen LogP contribution in [0, 0.1) is 0 Å². The van der Waals surface area contributed by atoms with Crippen LogP contribution in [0.4, 0.5) is 4.79 Å². The fourth-order valence-electron chi connectivity index (χ4n) is 0. The Morgan fingerprint density at radius 1 is 1.43 bits per heavy atom. The van der Waals surface area contributed by atoms with Gasteiger partial charge in [0.2, 0.25) is 0 Å². The maximum atomic E-state index is 8.90. The van der Waals surface area contributed by atoms with E-state index in [0.29, 0.717) is 0 Å². The van der Waals surface area contributed by atoms with E-state index in [-0.39, 0.29) is 59.1 Å². The molecule has 0 aromatic carbocycles. The molecule has 34 valence electrons. The van der Waals surface area contributed by atoms with Crippen molar-refractivity contribution in [2.75, 3.05) is 0 Å². The SMILES string of the molecule is O=C(O)OO.[NaH].[NaH]. The summed E-state index contributed by atoms with van der Waals surface area (Å²) in [5.74, 6) is 0. The Bertz CT molecular complexity index is 45.0. The summed E-state index contributed by atoms with van der Waals surface area (Å²) in [6, 6.07) is 0. The predicted octanol–water partition coefficient (Wildman–Crippen LogP) is -1.14. The zero-order chi connectivity index (χ0) is 4.28. The van der Waals surface area contributed by atoms with Gasteiger partial charge in [0, 0.05) is 0 Å². The minimum atomic E-state index is -1.69. The Balaban J connectivity index is -0.0000000800. The first-order chi connectivity index (χ1) is 2.27. The number of hydrogen-bond donors (Lipinski definition) is 2. The van der Waals surface area contributed by atoms with Gasteiger partial charge in [0.05, 0.1) is 0 Å². The average molecular weight is 126 g/mol. The molecule has 0 aliphatic heterocycles. The summed E-state index contributed by atoms with van der Waals surface area (Å²) in [4.78, 5) is 11.6. The summed E-state index contributed by atoms with van der Waals surface area (Å²) in [6.07, 6.45) is -1.69. The number of carbonyl (C=O) groups is 1. The van der Waals surface area contributed by atoms with E-state index in [1.54, 1.807) is 0 Å². The fourth-order valence-corrected chi connectivity index (χ4v) is 0. The van der Waals surface area contributed by atoms with Crippen LogP contribution in [0.5, 0.6) is 0 Å². The standard InChI is InChI=1S/CH2O4.2Na.2H/c2-1(3)5-4;;;;/h4H,(H,2,3);;;;. The van der Waals surface area contributed by atoms with Crippen LogP contribution in [0.15, 0.2) is 0 Å². The Labute approximate surface area is 84.4 Å². The Morgan fingerprint density at radius 2 is 1.57 bits per heavy atom. The van der Waals surface area contributed by atoms with E-state index >= 15 is 0 Å². The molecule has 0 aliphatic rings. The van der Waals surface area contributed by atoms with Crippen molar-refractivity contribution in [3.63, 3.8) is 0 Å². The van der Waals surface area contributed by atoms with Gasteiger partial charge in [-0.05, 0) is 0 Å². The van der Waals surface area contributed by atoms with Crippen molar-refractivity contribution < 1.29 is 20.0 Å². The van der Waals surface area contributed by atoms with Gasteiger partial charge in [-0.1, -0.05) is 0 Å². The maximum absolute atomic E-state index is 8.90. The third-order valence-corrected chi connectivity index (χ3v) is 0.0781. The van der Waals surface area contributed by atoms with Crippen molar-refractivity contribution in [1.82, 2.24) is 0 Å². The second-order valence-electron chi connectivity index (χ2n) is 0.357. The second kappa shape index (κ2) is 10.3. The van der Waals surface area contributed by atoms with E-state index in [4.69, 9.17) is 15.2 Å². The van der Waals surface area contributed by atoms with Crippen molar-refractivity contribution in [3.8, 4) is 0 Å². The molecule has 0 aromatic rings. The van der Waals surface area contributed by atoms with E-state index in [0.717, 1.165) is 0 Å². The molecule has 0 amide bonds. The van der Waals surface area contributed by atoms with E-state index in [1.165, 1.54) is 0 Å². The predicted molar refractivity (Wildman–Crippen MR) is 26.0 cm³/mol. The zero-order valence-corrected chi connectivity index (χ0v) is 2.21. The van der Waals surface area contributed by atoms with E-state index in [1.807, 2.05) is 0 Å². The number of rotatable bonds is 0. The van der Waals surface area contributed by atoms with Crippen LogP contribution < -0.4 is 0 Å². The van der Waals surface area contributed by atoms with Gasteiger partial charge in [0.15, 0.2) is 0 Å². The molecule has 0 unspecified atom stereocenters. The van der Waals surface area contributed by atoms with Crippen LogP contribution in [0.2, 0.25) is 0 Å². The van der Waals surface area contributed by atoms with Gasteiger partial charge in [-0.3, -0.25) is 4.89 Å². The molecular weight excluding hydrogens is 122 g/mol. The molecule has 0 fully saturated rings. The minimum absolute atomic E-state index is 0.